The lowest BCUT2D eigenvalue weighted by molar-refractivity contribution is -0.138. The molecule has 2 aliphatic rings. The first-order valence-corrected chi connectivity index (χ1v) is 4.68. The van der Waals surface area contributed by atoms with Crippen LogP contribution in [0.2, 0.25) is 0 Å². The van der Waals surface area contributed by atoms with Crippen LogP contribution in [0, 0.1) is 29.6 Å². The highest BCUT2D eigenvalue weighted by atomic mass is 16.1. The molecular formula is C11H14O. The molecule has 12 heavy (non-hydrogen) atoms. The molecule has 0 heterocycles. The predicted octanol–water partition coefficient (Wildman–Crippen LogP) is 2.01. The van der Waals surface area contributed by atoms with E-state index in [1.165, 1.54) is 0 Å². The van der Waals surface area contributed by atoms with Crippen molar-refractivity contribution in [2.24, 2.45) is 17.3 Å². The quantitative estimate of drug-likeness (QED) is 0.498. The Morgan fingerprint density at radius 2 is 2.42 bits per heavy atom. The molecule has 1 heteroatoms. The maximum atomic E-state index is 11.4. The molecule has 0 N–H and O–H groups in total. The molecule has 3 unspecified atom stereocenters. The fourth-order valence-electron chi connectivity index (χ4n) is 2.74. The standard InChI is InChI=1S/C11H14O/c1-3-11(2)7-8-9(11)5-4-6-10(8)12/h1,8-9H,4-7H2,2H3. The van der Waals surface area contributed by atoms with Crippen LogP contribution in [0.1, 0.15) is 32.6 Å². The average Bonchev–Trinajstić information content (AvgIpc) is 2.06. The Morgan fingerprint density at radius 1 is 1.67 bits per heavy atom. The summed E-state index contributed by atoms with van der Waals surface area (Å²) in [6.45, 7) is 2.12. The number of Topliss-reactive ketones (excluding diaryl/α,β-unsaturated/α-hetero) is 1. The molecule has 0 aromatic carbocycles. The van der Waals surface area contributed by atoms with E-state index in [0.29, 0.717) is 17.6 Å². The van der Waals surface area contributed by atoms with Crippen molar-refractivity contribution in [1.29, 1.82) is 0 Å². The number of hydrogen-bond acceptors (Lipinski definition) is 1. The van der Waals surface area contributed by atoms with E-state index < -0.39 is 0 Å². The van der Waals surface area contributed by atoms with Crippen LogP contribution in [0.3, 0.4) is 0 Å². The molecule has 2 fully saturated rings. The third kappa shape index (κ3) is 0.843. The smallest absolute Gasteiger partial charge is 0.136 e. The maximum Gasteiger partial charge on any atom is 0.136 e. The monoisotopic (exact) mass is 162 g/mol. The fourth-order valence-corrected chi connectivity index (χ4v) is 2.74. The highest BCUT2D eigenvalue weighted by Gasteiger charge is 2.53. The number of fused-ring (bicyclic) bond motifs is 1. The van der Waals surface area contributed by atoms with Gasteiger partial charge in [-0.15, -0.1) is 6.42 Å². The molecule has 0 amide bonds. The van der Waals surface area contributed by atoms with Crippen molar-refractivity contribution in [1.82, 2.24) is 0 Å². The van der Waals surface area contributed by atoms with E-state index in [9.17, 15) is 4.79 Å². The lowest BCUT2D eigenvalue weighted by atomic mass is 9.50. The summed E-state index contributed by atoms with van der Waals surface area (Å²) in [4.78, 5) is 11.4. The van der Waals surface area contributed by atoms with Crippen LogP contribution in [-0.2, 0) is 4.79 Å². The van der Waals surface area contributed by atoms with Gasteiger partial charge in [0.1, 0.15) is 5.78 Å². The van der Waals surface area contributed by atoms with E-state index in [4.69, 9.17) is 6.42 Å². The zero-order valence-corrected chi connectivity index (χ0v) is 7.47. The first-order chi connectivity index (χ1) is 5.67. The maximum absolute atomic E-state index is 11.4. The van der Waals surface area contributed by atoms with Gasteiger partial charge in [-0.25, -0.2) is 0 Å². The summed E-state index contributed by atoms with van der Waals surface area (Å²) in [6, 6.07) is 0. The van der Waals surface area contributed by atoms with Crippen molar-refractivity contribution in [3.8, 4) is 12.3 Å². The van der Waals surface area contributed by atoms with Crippen molar-refractivity contribution in [3.05, 3.63) is 0 Å². The molecule has 64 valence electrons. The molecule has 0 spiro atoms. The normalized spacial score (nSPS) is 45.8. The van der Waals surface area contributed by atoms with E-state index in [1.54, 1.807) is 0 Å². The second-order valence-corrected chi connectivity index (χ2v) is 4.34. The lowest BCUT2D eigenvalue weighted by Gasteiger charge is -2.52. The van der Waals surface area contributed by atoms with Crippen molar-refractivity contribution >= 4 is 5.78 Å². The van der Waals surface area contributed by atoms with Gasteiger partial charge in [0.25, 0.3) is 0 Å². The molecule has 0 aromatic rings. The number of hydrogen-bond donors (Lipinski definition) is 0. The zero-order valence-electron chi connectivity index (χ0n) is 7.47. The molecule has 2 aliphatic carbocycles. The highest BCUT2D eigenvalue weighted by molar-refractivity contribution is 5.83. The molecule has 0 aliphatic heterocycles. The van der Waals surface area contributed by atoms with Gasteiger partial charge in [-0.1, -0.05) is 5.92 Å². The third-order valence-electron chi connectivity index (χ3n) is 3.63. The minimum absolute atomic E-state index is 0.0424. The Balaban J connectivity index is 2.16. The van der Waals surface area contributed by atoms with E-state index in [1.807, 2.05) is 0 Å². The van der Waals surface area contributed by atoms with Crippen LogP contribution < -0.4 is 0 Å². The van der Waals surface area contributed by atoms with Gasteiger partial charge in [0, 0.05) is 17.8 Å². The Morgan fingerprint density at radius 3 is 3.08 bits per heavy atom. The van der Waals surface area contributed by atoms with Gasteiger partial charge in [0.05, 0.1) is 0 Å². The van der Waals surface area contributed by atoms with Gasteiger partial charge >= 0.3 is 0 Å². The Hall–Kier alpha value is -0.770. The van der Waals surface area contributed by atoms with E-state index >= 15 is 0 Å². The van der Waals surface area contributed by atoms with Crippen molar-refractivity contribution in [2.45, 2.75) is 32.6 Å². The summed E-state index contributed by atoms with van der Waals surface area (Å²) >= 11 is 0. The number of ketones is 1. The minimum Gasteiger partial charge on any atom is -0.299 e. The molecule has 0 radical (unpaired) electrons. The first kappa shape index (κ1) is 7.86. The number of carbonyl (C=O) groups is 1. The van der Waals surface area contributed by atoms with Gasteiger partial charge < -0.3 is 0 Å². The number of terminal acetylenes is 1. The van der Waals surface area contributed by atoms with E-state index in [2.05, 4.69) is 12.8 Å². The Bertz CT molecular complexity index is 261. The second kappa shape index (κ2) is 2.36. The summed E-state index contributed by atoms with van der Waals surface area (Å²) in [6.07, 6.45) is 9.41. The average molecular weight is 162 g/mol. The van der Waals surface area contributed by atoms with Gasteiger partial charge in [-0.2, -0.15) is 0 Å². The number of rotatable bonds is 0. The Kier molecular flexibility index (Phi) is 1.54. The summed E-state index contributed by atoms with van der Waals surface area (Å²) < 4.78 is 0. The summed E-state index contributed by atoms with van der Waals surface area (Å²) in [5.74, 6) is 4.13. The zero-order chi connectivity index (χ0) is 8.77. The molecule has 0 aromatic heterocycles. The summed E-state index contributed by atoms with van der Waals surface area (Å²) in [5, 5.41) is 0. The van der Waals surface area contributed by atoms with Crippen molar-refractivity contribution in [2.75, 3.05) is 0 Å². The van der Waals surface area contributed by atoms with Crippen LogP contribution in [0.4, 0.5) is 0 Å². The van der Waals surface area contributed by atoms with E-state index in [-0.39, 0.29) is 5.41 Å². The van der Waals surface area contributed by atoms with Crippen LogP contribution in [-0.4, -0.2) is 5.78 Å². The molecule has 2 saturated carbocycles. The SMILES string of the molecule is C#CC1(C)CC2C(=O)CCCC21. The molecule has 3 atom stereocenters. The topological polar surface area (TPSA) is 17.1 Å². The van der Waals surface area contributed by atoms with Crippen LogP contribution in [0.15, 0.2) is 0 Å². The van der Waals surface area contributed by atoms with Crippen molar-refractivity contribution < 1.29 is 4.79 Å². The highest BCUT2D eigenvalue weighted by Crippen LogP contribution is 2.55. The molecule has 0 saturated heterocycles. The van der Waals surface area contributed by atoms with Crippen LogP contribution in [0.25, 0.3) is 0 Å². The summed E-state index contributed by atoms with van der Waals surface area (Å²) in [7, 11) is 0. The third-order valence-corrected chi connectivity index (χ3v) is 3.63. The largest absolute Gasteiger partial charge is 0.299 e. The lowest BCUT2D eigenvalue weighted by Crippen LogP contribution is -2.50. The fraction of sp³-hybridized carbons (Fsp3) is 0.727. The Labute approximate surface area is 73.5 Å². The minimum atomic E-state index is 0.0424. The predicted molar refractivity (Wildman–Crippen MR) is 47.4 cm³/mol. The van der Waals surface area contributed by atoms with E-state index in [0.717, 1.165) is 25.7 Å². The number of carbonyl (C=O) groups excluding carboxylic acids is 1. The van der Waals surface area contributed by atoms with Gasteiger partial charge in [0.2, 0.25) is 0 Å². The van der Waals surface area contributed by atoms with Gasteiger partial charge in [-0.3, -0.25) is 4.79 Å². The second-order valence-electron chi connectivity index (χ2n) is 4.34. The van der Waals surface area contributed by atoms with Crippen LogP contribution in [0.5, 0.6) is 0 Å². The van der Waals surface area contributed by atoms with Crippen LogP contribution >= 0.6 is 0 Å². The molecule has 1 nitrogen and oxygen atoms in total. The molecule has 0 bridgehead atoms. The molecular weight excluding hydrogens is 148 g/mol. The summed E-state index contributed by atoms with van der Waals surface area (Å²) in [5.41, 5.74) is 0.0424. The van der Waals surface area contributed by atoms with Gasteiger partial charge in [-0.05, 0) is 32.1 Å². The molecule has 2 rings (SSSR count). The van der Waals surface area contributed by atoms with Gasteiger partial charge in [0.15, 0.2) is 0 Å². The van der Waals surface area contributed by atoms with Crippen molar-refractivity contribution in [3.63, 3.8) is 0 Å². The first-order valence-electron chi connectivity index (χ1n) is 4.68.